The van der Waals surface area contributed by atoms with Gasteiger partial charge in [-0.25, -0.2) is 0 Å². The summed E-state index contributed by atoms with van der Waals surface area (Å²) in [6.45, 7) is 1.54. The van der Waals surface area contributed by atoms with Gasteiger partial charge in [-0.05, 0) is 13.0 Å². The van der Waals surface area contributed by atoms with Crippen molar-refractivity contribution in [2.45, 2.75) is 12.3 Å². The standard InChI is InChI=1S/C7H6BrClOS/c1-4(10)6-2-5(9)7(3-8)11-6/h2H,3H2,1H3. The smallest absolute Gasteiger partial charge is 0.169 e. The highest BCUT2D eigenvalue weighted by molar-refractivity contribution is 9.08. The second-order valence-electron chi connectivity index (χ2n) is 2.07. The van der Waals surface area contributed by atoms with E-state index < -0.39 is 0 Å². The molecule has 1 rings (SSSR count). The molecule has 0 spiro atoms. The summed E-state index contributed by atoms with van der Waals surface area (Å²) >= 11 is 10.5. The van der Waals surface area contributed by atoms with Gasteiger partial charge in [-0.2, -0.15) is 0 Å². The van der Waals surface area contributed by atoms with Crippen LogP contribution in [0.4, 0.5) is 0 Å². The summed E-state index contributed by atoms with van der Waals surface area (Å²) in [5.41, 5.74) is 0. The molecule has 0 saturated carbocycles. The number of rotatable bonds is 2. The highest BCUT2D eigenvalue weighted by atomic mass is 79.9. The van der Waals surface area contributed by atoms with E-state index in [-0.39, 0.29) is 5.78 Å². The van der Waals surface area contributed by atoms with Gasteiger partial charge in [-0.15, -0.1) is 11.3 Å². The maximum Gasteiger partial charge on any atom is 0.169 e. The van der Waals surface area contributed by atoms with Crippen molar-refractivity contribution in [3.8, 4) is 0 Å². The first-order valence-electron chi connectivity index (χ1n) is 3.00. The summed E-state index contributed by atoms with van der Waals surface area (Å²) in [5.74, 6) is 0.0732. The number of alkyl halides is 1. The molecule has 1 aromatic rings. The van der Waals surface area contributed by atoms with Gasteiger partial charge in [0.15, 0.2) is 5.78 Å². The Bertz CT molecular complexity index is 282. The molecule has 0 amide bonds. The van der Waals surface area contributed by atoms with Crippen molar-refractivity contribution in [2.24, 2.45) is 0 Å². The quantitative estimate of drug-likeness (QED) is 0.582. The Hall–Kier alpha value is 0.140. The Morgan fingerprint density at radius 3 is 2.73 bits per heavy atom. The lowest BCUT2D eigenvalue weighted by molar-refractivity contribution is 0.102. The minimum absolute atomic E-state index is 0.0732. The molecular weight excluding hydrogens is 248 g/mol. The van der Waals surface area contributed by atoms with Crippen molar-refractivity contribution in [3.05, 3.63) is 20.8 Å². The van der Waals surface area contributed by atoms with Crippen LogP contribution in [0.1, 0.15) is 21.5 Å². The zero-order chi connectivity index (χ0) is 8.43. The van der Waals surface area contributed by atoms with Crippen LogP contribution in [-0.2, 0) is 5.33 Å². The first kappa shape index (κ1) is 9.23. The highest BCUT2D eigenvalue weighted by Crippen LogP contribution is 2.28. The summed E-state index contributed by atoms with van der Waals surface area (Å²) in [6, 6.07) is 1.71. The van der Waals surface area contributed by atoms with E-state index in [1.165, 1.54) is 11.3 Å². The number of thiophene rings is 1. The summed E-state index contributed by atoms with van der Waals surface area (Å²) < 4.78 is 0. The predicted octanol–water partition coefficient (Wildman–Crippen LogP) is 3.50. The number of carbonyl (C=O) groups excluding carboxylic acids is 1. The van der Waals surface area contributed by atoms with Crippen LogP contribution in [-0.4, -0.2) is 5.78 Å². The second kappa shape index (κ2) is 3.70. The van der Waals surface area contributed by atoms with Crippen LogP contribution in [0.15, 0.2) is 6.07 Å². The Labute approximate surface area is 82.5 Å². The van der Waals surface area contributed by atoms with Crippen molar-refractivity contribution in [1.82, 2.24) is 0 Å². The predicted molar refractivity (Wildman–Crippen MR) is 52.0 cm³/mol. The lowest BCUT2D eigenvalue weighted by atomic mass is 10.3. The van der Waals surface area contributed by atoms with Crippen LogP contribution < -0.4 is 0 Å². The largest absolute Gasteiger partial charge is 0.294 e. The fourth-order valence-corrected chi connectivity index (χ4v) is 2.63. The van der Waals surface area contributed by atoms with Crippen molar-refractivity contribution in [1.29, 1.82) is 0 Å². The van der Waals surface area contributed by atoms with E-state index in [4.69, 9.17) is 11.6 Å². The number of halogens is 2. The highest BCUT2D eigenvalue weighted by Gasteiger charge is 2.08. The van der Waals surface area contributed by atoms with E-state index in [1.807, 2.05) is 0 Å². The van der Waals surface area contributed by atoms with E-state index in [0.29, 0.717) is 10.4 Å². The molecule has 60 valence electrons. The monoisotopic (exact) mass is 252 g/mol. The molecule has 0 aliphatic heterocycles. The van der Waals surface area contributed by atoms with E-state index in [1.54, 1.807) is 13.0 Å². The zero-order valence-corrected chi connectivity index (χ0v) is 9.02. The molecule has 0 radical (unpaired) electrons. The van der Waals surface area contributed by atoms with Crippen LogP contribution in [0.3, 0.4) is 0 Å². The van der Waals surface area contributed by atoms with Gasteiger partial charge in [-0.1, -0.05) is 27.5 Å². The van der Waals surface area contributed by atoms with Crippen molar-refractivity contribution >= 4 is 44.7 Å². The van der Waals surface area contributed by atoms with Crippen LogP contribution in [0, 0.1) is 0 Å². The van der Waals surface area contributed by atoms with Crippen LogP contribution in [0.25, 0.3) is 0 Å². The number of carbonyl (C=O) groups is 1. The molecule has 0 bridgehead atoms. The number of Topliss-reactive ketones (excluding diaryl/α,β-unsaturated/α-hetero) is 1. The second-order valence-corrected chi connectivity index (χ2v) is 4.18. The minimum Gasteiger partial charge on any atom is -0.294 e. The molecule has 0 unspecified atom stereocenters. The zero-order valence-electron chi connectivity index (χ0n) is 5.86. The summed E-state index contributed by atoms with van der Waals surface area (Å²) in [6.07, 6.45) is 0. The molecule has 1 aromatic heterocycles. The molecule has 0 saturated heterocycles. The average molecular weight is 254 g/mol. The molecule has 0 fully saturated rings. The fraction of sp³-hybridized carbons (Fsp3) is 0.286. The number of hydrogen-bond donors (Lipinski definition) is 0. The van der Waals surface area contributed by atoms with Crippen LogP contribution in [0.2, 0.25) is 5.02 Å². The first-order chi connectivity index (χ1) is 5.15. The molecule has 4 heteroatoms. The van der Waals surface area contributed by atoms with Gasteiger partial charge in [0, 0.05) is 10.2 Å². The summed E-state index contributed by atoms with van der Waals surface area (Å²) in [5, 5.41) is 1.39. The van der Waals surface area contributed by atoms with E-state index in [9.17, 15) is 4.79 Å². The third-order valence-corrected chi connectivity index (χ3v) is 3.84. The normalized spacial score (nSPS) is 10.1. The Morgan fingerprint density at radius 1 is 1.82 bits per heavy atom. The molecular formula is C7H6BrClOS. The minimum atomic E-state index is 0.0732. The molecule has 1 nitrogen and oxygen atoms in total. The average Bonchev–Trinajstić information content (AvgIpc) is 2.31. The van der Waals surface area contributed by atoms with Crippen molar-refractivity contribution in [2.75, 3.05) is 0 Å². The first-order valence-corrected chi connectivity index (χ1v) is 5.32. The molecule has 0 aliphatic rings. The molecule has 0 aromatic carbocycles. The maximum absolute atomic E-state index is 10.9. The Balaban J connectivity index is 3.05. The van der Waals surface area contributed by atoms with Gasteiger partial charge in [-0.3, -0.25) is 4.79 Å². The Morgan fingerprint density at radius 2 is 2.45 bits per heavy atom. The molecule has 0 aliphatic carbocycles. The van der Waals surface area contributed by atoms with Gasteiger partial charge in [0.25, 0.3) is 0 Å². The van der Waals surface area contributed by atoms with Gasteiger partial charge < -0.3 is 0 Å². The maximum atomic E-state index is 10.9. The SMILES string of the molecule is CC(=O)c1cc(Cl)c(CBr)s1. The topological polar surface area (TPSA) is 17.1 Å². The van der Waals surface area contributed by atoms with Gasteiger partial charge in [0.1, 0.15) is 0 Å². The Kier molecular flexibility index (Phi) is 3.10. The van der Waals surface area contributed by atoms with Crippen molar-refractivity contribution < 1.29 is 4.79 Å². The van der Waals surface area contributed by atoms with E-state index in [2.05, 4.69) is 15.9 Å². The van der Waals surface area contributed by atoms with Crippen molar-refractivity contribution in [3.63, 3.8) is 0 Å². The van der Waals surface area contributed by atoms with Gasteiger partial charge in [0.2, 0.25) is 0 Å². The summed E-state index contributed by atoms with van der Waals surface area (Å²) in [7, 11) is 0. The summed E-state index contributed by atoms with van der Waals surface area (Å²) in [4.78, 5) is 12.6. The molecule has 0 N–H and O–H groups in total. The molecule has 1 heterocycles. The third kappa shape index (κ3) is 2.04. The molecule has 11 heavy (non-hydrogen) atoms. The lowest BCUT2D eigenvalue weighted by Crippen LogP contribution is -1.83. The van der Waals surface area contributed by atoms with Crippen LogP contribution >= 0.6 is 38.9 Å². The number of ketones is 1. The van der Waals surface area contributed by atoms with Gasteiger partial charge in [0.05, 0.1) is 9.90 Å². The number of hydrogen-bond acceptors (Lipinski definition) is 2. The van der Waals surface area contributed by atoms with E-state index >= 15 is 0 Å². The fourth-order valence-electron chi connectivity index (χ4n) is 0.671. The third-order valence-electron chi connectivity index (χ3n) is 1.23. The van der Waals surface area contributed by atoms with Crippen LogP contribution in [0.5, 0.6) is 0 Å². The lowest BCUT2D eigenvalue weighted by Gasteiger charge is -1.84. The molecule has 0 atom stereocenters. The van der Waals surface area contributed by atoms with Gasteiger partial charge >= 0.3 is 0 Å². The van der Waals surface area contributed by atoms with E-state index in [0.717, 1.165) is 9.75 Å².